The van der Waals surface area contributed by atoms with Crippen LogP contribution in [0.1, 0.15) is 46.1 Å². The third kappa shape index (κ3) is 6.85. The monoisotopic (exact) mass is 442 g/mol. The Morgan fingerprint density at radius 2 is 1.70 bits per heavy atom. The van der Waals surface area contributed by atoms with E-state index < -0.39 is 24.4 Å². The van der Waals surface area contributed by atoms with Crippen LogP contribution in [0, 0.1) is 0 Å². The van der Waals surface area contributed by atoms with Crippen LogP contribution in [-0.4, -0.2) is 57.0 Å². The minimum Gasteiger partial charge on any atom is -0.497 e. The van der Waals surface area contributed by atoms with Crippen molar-refractivity contribution in [2.45, 2.75) is 70.1 Å². The van der Waals surface area contributed by atoms with E-state index in [9.17, 15) is 4.79 Å². The second-order valence-electron chi connectivity index (χ2n) is 8.54. The second kappa shape index (κ2) is 11.3. The summed E-state index contributed by atoms with van der Waals surface area (Å²) >= 11 is 0. The first kappa shape index (κ1) is 26.7. The van der Waals surface area contributed by atoms with Crippen molar-refractivity contribution >= 4 is 25.4 Å². The number of hydrogen-bond acceptors (Lipinski definition) is 6. The van der Waals surface area contributed by atoms with E-state index in [0.717, 1.165) is 18.6 Å². The third-order valence-corrected chi connectivity index (χ3v) is 5.75. The van der Waals surface area contributed by atoms with Gasteiger partial charge in [-0.2, -0.15) is 0 Å². The fourth-order valence-corrected chi connectivity index (χ4v) is 3.19. The molecule has 0 aliphatic carbocycles. The van der Waals surface area contributed by atoms with E-state index >= 15 is 0 Å². The van der Waals surface area contributed by atoms with Gasteiger partial charge in [0.15, 0.2) is 0 Å². The molecule has 1 saturated heterocycles. The van der Waals surface area contributed by atoms with Crippen LogP contribution in [0.5, 0.6) is 5.75 Å². The first-order chi connectivity index (χ1) is 13.6. The lowest BCUT2D eigenvalue weighted by Gasteiger charge is -2.32. The van der Waals surface area contributed by atoms with Crippen molar-refractivity contribution in [2.75, 3.05) is 20.8 Å². The van der Waals surface area contributed by atoms with Crippen molar-refractivity contribution in [1.29, 1.82) is 0 Å². The maximum atomic E-state index is 12.5. The number of ether oxygens (including phenoxy) is 2. The zero-order chi connectivity index (χ0) is 21.7. The summed E-state index contributed by atoms with van der Waals surface area (Å²) in [6.07, 6.45) is 2.44. The smallest absolute Gasteiger partial charge is 0.481 e. The lowest BCUT2D eigenvalue weighted by atomic mass is 9.75. The van der Waals surface area contributed by atoms with Crippen LogP contribution in [0.15, 0.2) is 24.3 Å². The van der Waals surface area contributed by atoms with Gasteiger partial charge in [0.2, 0.25) is 5.91 Å². The largest absolute Gasteiger partial charge is 0.497 e. The number of nitrogens with two attached hydrogens (primary N) is 1. The van der Waals surface area contributed by atoms with Crippen LogP contribution in [0.4, 0.5) is 0 Å². The molecule has 1 unspecified atom stereocenters. The van der Waals surface area contributed by atoms with Gasteiger partial charge in [-0.05, 0) is 64.7 Å². The number of benzene rings is 1. The molecule has 30 heavy (non-hydrogen) atoms. The number of hydrogen-bond donors (Lipinski definition) is 2. The third-order valence-electron chi connectivity index (χ3n) is 5.75. The SMILES string of the molecule is COCC(N)C(=O)N[C@@H](CCCc1ccc(OC)cc1)B1OC(C)(C)C(C)(C)O1.Cl. The highest BCUT2D eigenvalue weighted by molar-refractivity contribution is 6.48. The molecule has 1 amide bonds. The zero-order valence-electron chi connectivity index (χ0n) is 18.9. The van der Waals surface area contributed by atoms with E-state index in [4.69, 9.17) is 24.5 Å². The summed E-state index contributed by atoms with van der Waals surface area (Å²) in [5.41, 5.74) is 6.17. The Morgan fingerprint density at radius 1 is 1.13 bits per heavy atom. The number of nitrogens with one attached hydrogen (secondary N) is 1. The maximum Gasteiger partial charge on any atom is 0.481 e. The lowest BCUT2D eigenvalue weighted by Crippen LogP contribution is -2.53. The summed E-state index contributed by atoms with van der Waals surface area (Å²) < 4.78 is 22.5. The van der Waals surface area contributed by atoms with Gasteiger partial charge in [-0.25, -0.2) is 0 Å². The van der Waals surface area contributed by atoms with Crippen molar-refractivity contribution in [2.24, 2.45) is 5.73 Å². The van der Waals surface area contributed by atoms with Gasteiger partial charge >= 0.3 is 7.12 Å². The highest BCUT2D eigenvalue weighted by Gasteiger charge is 2.54. The van der Waals surface area contributed by atoms with Crippen LogP contribution >= 0.6 is 12.4 Å². The van der Waals surface area contributed by atoms with Crippen molar-refractivity contribution in [3.63, 3.8) is 0 Å². The van der Waals surface area contributed by atoms with Crippen LogP contribution in [0.25, 0.3) is 0 Å². The molecule has 2 atom stereocenters. The molecule has 0 radical (unpaired) electrons. The predicted octanol–water partition coefficient (Wildman–Crippen LogP) is 2.53. The Kier molecular flexibility index (Phi) is 10.1. The number of aryl methyl sites for hydroxylation is 1. The Morgan fingerprint density at radius 3 is 2.20 bits per heavy atom. The lowest BCUT2D eigenvalue weighted by molar-refractivity contribution is -0.123. The molecule has 3 N–H and O–H groups in total. The average molecular weight is 443 g/mol. The molecule has 0 aromatic heterocycles. The number of amides is 1. The van der Waals surface area contributed by atoms with Gasteiger partial charge in [0.25, 0.3) is 0 Å². The summed E-state index contributed by atoms with van der Waals surface area (Å²) in [5, 5.41) is 3.01. The summed E-state index contributed by atoms with van der Waals surface area (Å²) in [6.45, 7) is 8.16. The number of halogens is 1. The summed E-state index contributed by atoms with van der Waals surface area (Å²) in [5.74, 6) is 0.268. The molecular formula is C21H36BClN2O5. The fraction of sp³-hybridized carbons (Fsp3) is 0.667. The van der Waals surface area contributed by atoms with E-state index in [1.165, 1.54) is 12.7 Å². The molecular weight excluding hydrogens is 407 g/mol. The molecule has 2 rings (SSSR count). The van der Waals surface area contributed by atoms with Gasteiger partial charge in [0.1, 0.15) is 11.8 Å². The van der Waals surface area contributed by atoms with Crippen molar-refractivity contribution < 1.29 is 23.6 Å². The number of rotatable bonds is 10. The van der Waals surface area contributed by atoms with E-state index in [0.29, 0.717) is 6.42 Å². The summed E-state index contributed by atoms with van der Waals surface area (Å²) in [4.78, 5) is 12.5. The molecule has 7 nitrogen and oxygen atoms in total. The quantitative estimate of drug-likeness (QED) is 0.541. The average Bonchev–Trinajstić information content (AvgIpc) is 2.88. The van der Waals surface area contributed by atoms with Crippen molar-refractivity contribution in [3.05, 3.63) is 29.8 Å². The van der Waals surface area contributed by atoms with E-state index in [1.807, 2.05) is 39.8 Å². The summed E-state index contributed by atoms with van der Waals surface area (Å²) in [7, 11) is 2.64. The van der Waals surface area contributed by atoms with E-state index in [2.05, 4.69) is 17.4 Å². The van der Waals surface area contributed by atoms with Crippen molar-refractivity contribution in [3.8, 4) is 5.75 Å². The van der Waals surface area contributed by atoms with E-state index in [-0.39, 0.29) is 30.9 Å². The molecule has 1 fully saturated rings. The molecule has 170 valence electrons. The molecule has 0 spiro atoms. The van der Waals surface area contributed by atoms with Gasteiger partial charge in [0, 0.05) is 7.11 Å². The minimum atomic E-state index is -0.730. The first-order valence-corrected chi connectivity index (χ1v) is 10.1. The van der Waals surface area contributed by atoms with Gasteiger partial charge < -0.3 is 29.8 Å². The Balaban J connectivity index is 0.00000450. The second-order valence-corrected chi connectivity index (χ2v) is 8.54. The van der Waals surface area contributed by atoms with Crippen molar-refractivity contribution in [1.82, 2.24) is 5.32 Å². The standard InChI is InChI=1S/C21H35BN2O5.ClH/c1-20(2)21(3,4)29-22(28-20)18(24-19(25)17(23)14-26-5)9-7-8-15-10-12-16(27-6)13-11-15;/h10-13,17-18H,7-9,14,23H2,1-6H3,(H,24,25);1H/t17?,18-;/m0./s1. The van der Waals surface area contributed by atoms with Gasteiger partial charge in [-0.3, -0.25) is 4.79 Å². The highest BCUT2D eigenvalue weighted by atomic mass is 35.5. The molecule has 0 saturated carbocycles. The number of methoxy groups -OCH3 is 2. The molecule has 1 aromatic carbocycles. The topological polar surface area (TPSA) is 92.0 Å². The van der Waals surface area contributed by atoms with Crippen LogP contribution in [0.2, 0.25) is 0 Å². The van der Waals surface area contributed by atoms with Gasteiger partial charge in [-0.1, -0.05) is 12.1 Å². The van der Waals surface area contributed by atoms with Gasteiger partial charge in [-0.15, -0.1) is 12.4 Å². The predicted molar refractivity (Wildman–Crippen MR) is 121 cm³/mol. The molecule has 1 heterocycles. The molecule has 1 aliphatic heterocycles. The number of carbonyl (C=O) groups excluding carboxylic acids is 1. The van der Waals surface area contributed by atoms with Crippen LogP contribution < -0.4 is 15.8 Å². The summed E-state index contributed by atoms with van der Waals surface area (Å²) in [6, 6.07) is 7.27. The minimum absolute atomic E-state index is 0. The first-order valence-electron chi connectivity index (χ1n) is 10.1. The molecule has 9 heteroatoms. The van der Waals surface area contributed by atoms with E-state index in [1.54, 1.807) is 7.11 Å². The Bertz CT molecular complexity index is 656. The van der Waals surface area contributed by atoms with Gasteiger partial charge in [0.05, 0.1) is 30.9 Å². The zero-order valence-corrected chi connectivity index (χ0v) is 19.7. The molecule has 1 aliphatic rings. The normalized spacial score (nSPS) is 19.0. The van der Waals surface area contributed by atoms with Crippen LogP contribution in [-0.2, 0) is 25.3 Å². The molecule has 0 bridgehead atoms. The Hall–Kier alpha value is -1.32. The fourth-order valence-electron chi connectivity index (χ4n) is 3.19. The number of carbonyl (C=O) groups is 1. The Labute approximate surface area is 186 Å². The molecule has 1 aromatic rings. The maximum absolute atomic E-state index is 12.5. The highest BCUT2D eigenvalue weighted by Crippen LogP contribution is 2.38. The van der Waals surface area contributed by atoms with Crippen LogP contribution in [0.3, 0.4) is 0 Å².